The lowest BCUT2D eigenvalue weighted by Crippen LogP contribution is -2.47. The first-order valence-corrected chi connectivity index (χ1v) is 6.30. The van der Waals surface area contributed by atoms with E-state index >= 15 is 0 Å². The highest BCUT2D eigenvalue weighted by atomic mass is 16.5. The lowest BCUT2D eigenvalue weighted by Gasteiger charge is -2.31. The Hall–Kier alpha value is -1.06. The van der Waals surface area contributed by atoms with E-state index in [-0.39, 0.29) is 0 Å². The lowest BCUT2D eigenvalue weighted by atomic mass is 10.0. The number of nitrogens with one attached hydrogen (secondary N) is 1. The van der Waals surface area contributed by atoms with E-state index in [0.717, 1.165) is 24.6 Å². The summed E-state index contributed by atoms with van der Waals surface area (Å²) >= 11 is 0. The Kier molecular flexibility index (Phi) is 4.40. The summed E-state index contributed by atoms with van der Waals surface area (Å²) in [6, 6.07) is 8.28. The van der Waals surface area contributed by atoms with Gasteiger partial charge in [-0.1, -0.05) is 18.2 Å². The lowest BCUT2D eigenvalue weighted by molar-refractivity contribution is 0.225. The largest absolute Gasteiger partial charge is 0.496 e. The number of para-hydroxylation sites is 1. The molecule has 0 saturated carbocycles. The van der Waals surface area contributed by atoms with Crippen LogP contribution in [0.15, 0.2) is 24.3 Å². The van der Waals surface area contributed by atoms with Crippen LogP contribution in [0.5, 0.6) is 5.75 Å². The number of nitrogens with zero attached hydrogens (tertiary/aromatic N) is 1. The average molecular weight is 234 g/mol. The molecule has 1 aliphatic heterocycles. The fourth-order valence-electron chi connectivity index (χ4n) is 2.23. The zero-order chi connectivity index (χ0) is 12.1. The van der Waals surface area contributed by atoms with Gasteiger partial charge >= 0.3 is 0 Å². The molecular formula is C14H22N2O. The van der Waals surface area contributed by atoms with Crippen molar-refractivity contribution in [2.75, 3.05) is 40.3 Å². The van der Waals surface area contributed by atoms with Crippen molar-refractivity contribution >= 4 is 0 Å². The monoisotopic (exact) mass is 234 g/mol. The van der Waals surface area contributed by atoms with E-state index in [4.69, 9.17) is 4.74 Å². The summed E-state index contributed by atoms with van der Waals surface area (Å²) in [5.74, 6) is 1.85. The molecule has 1 heterocycles. The van der Waals surface area contributed by atoms with Crippen LogP contribution in [0.3, 0.4) is 0 Å². The summed E-state index contributed by atoms with van der Waals surface area (Å²) in [5, 5.41) is 3.31. The molecule has 1 aromatic carbocycles. The van der Waals surface area contributed by atoms with E-state index in [1.165, 1.54) is 25.2 Å². The Morgan fingerprint density at radius 2 is 2.12 bits per heavy atom. The number of methoxy groups -OCH3 is 1. The first-order valence-electron chi connectivity index (χ1n) is 6.30. The van der Waals surface area contributed by atoms with Gasteiger partial charge in [0.1, 0.15) is 5.75 Å². The molecule has 0 amide bonds. The molecule has 17 heavy (non-hydrogen) atoms. The molecule has 1 aromatic rings. The fourth-order valence-corrected chi connectivity index (χ4v) is 2.23. The molecule has 0 spiro atoms. The van der Waals surface area contributed by atoms with Crippen LogP contribution in [0.2, 0.25) is 0 Å². The molecule has 94 valence electrons. The van der Waals surface area contributed by atoms with Crippen molar-refractivity contribution < 1.29 is 4.74 Å². The van der Waals surface area contributed by atoms with Crippen LogP contribution in [-0.2, 0) is 6.42 Å². The number of hydrogen-bond acceptors (Lipinski definition) is 3. The molecule has 0 unspecified atom stereocenters. The minimum Gasteiger partial charge on any atom is -0.496 e. The highest BCUT2D eigenvalue weighted by Crippen LogP contribution is 2.18. The van der Waals surface area contributed by atoms with Crippen molar-refractivity contribution in [3.63, 3.8) is 0 Å². The third-order valence-corrected chi connectivity index (χ3v) is 3.39. The van der Waals surface area contributed by atoms with Crippen molar-refractivity contribution in [1.29, 1.82) is 0 Å². The molecule has 2 rings (SSSR count). The van der Waals surface area contributed by atoms with Crippen molar-refractivity contribution in [3.05, 3.63) is 29.8 Å². The third-order valence-electron chi connectivity index (χ3n) is 3.39. The molecule has 1 fully saturated rings. The van der Waals surface area contributed by atoms with Gasteiger partial charge in [-0.2, -0.15) is 0 Å². The van der Waals surface area contributed by atoms with Gasteiger partial charge in [0.05, 0.1) is 7.11 Å². The molecule has 1 saturated heterocycles. The normalized spacial score (nSPS) is 15.9. The Morgan fingerprint density at radius 1 is 1.35 bits per heavy atom. The first kappa shape index (κ1) is 12.4. The summed E-state index contributed by atoms with van der Waals surface area (Å²) in [4.78, 5) is 2.41. The zero-order valence-electron chi connectivity index (χ0n) is 10.8. The van der Waals surface area contributed by atoms with Crippen LogP contribution >= 0.6 is 0 Å². The topological polar surface area (TPSA) is 24.5 Å². The standard InChI is InChI=1S/C14H22N2O/c1-16(11-12-9-15-10-12)8-7-13-5-3-4-6-14(13)17-2/h3-6,12,15H,7-11H2,1-2H3. The Labute approximate surface area is 104 Å². The highest BCUT2D eigenvalue weighted by Gasteiger charge is 2.18. The minimum atomic E-state index is 0.845. The van der Waals surface area contributed by atoms with E-state index in [1.807, 2.05) is 12.1 Å². The van der Waals surface area contributed by atoms with Gasteiger partial charge in [-0.15, -0.1) is 0 Å². The quantitative estimate of drug-likeness (QED) is 0.805. The molecule has 0 aliphatic carbocycles. The smallest absolute Gasteiger partial charge is 0.122 e. The molecule has 1 N–H and O–H groups in total. The van der Waals surface area contributed by atoms with E-state index in [9.17, 15) is 0 Å². The van der Waals surface area contributed by atoms with Gasteiger partial charge in [0.25, 0.3) is 0 Å². The van der Waals surface area contributed by atoms with Crippen molar-refractivity contribution in [2.45, 2.75) is 6.42 Å². The molecule has 0 aromatic heterocycles. The molecule has 3 nitrogen and oxygen atoms in total. The summed E-state index contributed by atoms with van der Waals surface area (Å²) in [6.45, 7) is 4.65. The number of rotatable bonds is 6. The fraction of sp³-hybridized carbons (Fsp3) is 0.571. The second kappa shape index (κ2) is 6.03. The number of benzene rings is 1. The molecule has 0 bridgehead atoms. The van der Waals surface area contributed by atoms with E-state index in [1.54, 1.807) is 7.11 Å². The summed E-state index contributed by atoms with van der Waals surface area (Å²) < 4.78 is 5.36. The van der Waals surface area contributed by atoms with Crippen LogP contribution < -0.4 is 10.1 Å². The molecule has 1 aliphatic rings. The maximum Gasteiger partial charge on any atom is 0.122 e. The molecule has 3 heteroatoms. The molecule has 0 atom stereocenters. The maximum atomic E-state index is 5.36. The Balaban J connectivity index is 1.79. The Morgan fingerprint density at radius 3 is 2.76 bits per heavy atom. The predicted molar refractivity (Wildman–Crippen MR) is 70.6 cm³/mol. The van der Waals surface area contributed by atoms with Crippen LogP contribution in [0.1, 0.15) is 5.56 Å². The SMILES string of the molecule is COc1ccccc1CCN(C)CC1CNC1. The number of ether oxygens (including phenoxy) is 1. The minimum absolute atomic E-state index is 0.845. The highest BCUT2D eigenvalue weighted by molar-refractivity contribution is 5.33. The zero-order valence-corrected chi connectivity index (χ0v) is 10.8. The summed E-state index contributed by atoms with van der Waals surface area (Å²) in [7, 11) is 3.94. The van der Waals surface area contributed by atoms with E-state index < -0.39 is 0 Å². The average Bonchev–Trinajstić information content (AvgIpc) is 2.31. The van der Waals surface area contributed by atoms with Gasteiger partial charge in [0.15, 0.2) is 0 Å². The van der Waals surface area contributed by atoms with Crippen LogP contribution in [0, 0.1) is 5.92 Å². The summed E-state index contributed by atoms with van der Waals surface area (Å²) in [5.41, 5.74) is 1.30. The van der Waals surface area contributed by atoms with Crippen molar-refractivity contribution in [3.8, 4) is 5.75 Å². The van der Waals surface area contributed by atoms with Crippen molar-refractivity contribution in [2.24, 2.45) is 5.92 Å². The number of likely N-dealkylation sites (N-methyl/N-ethyl adjacent to an activating group) is 1. The van der Waals surface area contributed by atoms with Gasteiger partial charge in [0, 0.05) is 26.2 Å². The molecular weight excluding hydrogens is 212 g/mol. The second-order valence-corrected chi connectivity index (χ2v) is 4.85. The van der Waals surface area contributed by atoms with E-state index in [0.29, 0.717) is 0 Å². The van der Waals surface area contributed by atoms with Crippen LogP contribution in [-0.4, -0.2) is 45.2 Å². The molecule has 0 radical (unpaired) electrons. The second-order valence-electron chi connectivity index (χ2n) is 4.85. The van der Waals surface area contributed by atoms with Gasteiger partial charge in [-0.05, 0) is 31.0 Å². The van der Waals surface area contributed by atoms with Crippen LogP contribution in [0.4, 0.5) is 0 Å². The predicted octanol–water partition coefficient (Wildman–Crippen LogP) is 1.39. The first-order chi connectivity index (χ1) is 8.29. The maximum absolute atomic E-state index is 5.36. The van der Waals surface area contributed by atoms with Crippen molar-refractivity contribution in [1.82, 2.24) is 10.2 Å². The van der Waals surface area contributed by atoms with Gasteiger partial charge < -0.3 is 15.0 Å². The van der Waals surface area contributed by atoms with Gasteiger partial charge in [-0.3, -0.25) is 0 Å². The van der Waals surface area contributed by atoms with Gasteiger partial charge in [0.2, 0.25) is 0 Å². The van der Waals surface area contributed by atoms with Crippen LogP contribution in [0.25, 0.3) is 0 Å². The van der Waals surface area contributed by atoms with E-state index in [2.05, 4.69) is 29.4 Å². The third kappa shape index (κ3) is 3.45. The number of hydrogen-bond donors (Lipinski definition) is 1. The Bertz CT molecular complexity index is 350. The summed E-state index contributed by atoms with van der Waals surface area (Å²) in [6.07, 6.45) is 1.06. The van der Waals surface area contributed by atoms with Gasteiger partial charge in [-0.25, -0.2) is 0 Å².